The first-order chi connectivity index (χ1) is 13.0. The van der Waals surface area contributed by atoms with Crippen LogP contribution in [0.1, 0.15) is 32.3 Å². The minimum atomic E-state index is -0.162. The molecule has 0 aliphatic carbocycles. The van der Waals surface area contributed by atoms with Crippen LogP contribution >= 0.6 is 15.9 Å². The smallest absolute Gasteiger partial charge is 0.241 e. The Morgan fingerprint density at radius 3 is 2.41 bits per heavy atom. The molecule has 1 fully saturated rings. The van der Waals surface area contributed by atoms with E-state index in [1.807, 2.05) is 43.5 Å². The number of hydrogen-bond donors (Lipinski definition) is 1. The third kappa shape index (κ3) is 4.87. The van der Waals surface area contributed by atoms with Crippen molar-refractivity contribution >= 4 is 33.3 Å². The highest BCUT2D eigenvalue weighted by molar-refractivity contribution is 9.10. The molecule has 2 heterocycles. The minimum Gasteiger partial charge on any atom is -0.354 e. The third-order valence-corrected chi connectivity index (χ3v) is 5.59. The van der Waals surface area contributed by atoms with Gasteiger partial charge in [0.25, 0.3) is 0 Å². The number of anilines is 2. The topological polar surface area (TPSA) is 48.5 Å². The number of carbonyl (C=O) groups is 1. The Labute approximate surface area is 169 Å². The summed E-state index contributed by atoms with van der Waals surface area (Å²) in [4.78, 5) is 21.8. The van der Waals surface area contributed by atoms with Crippen molar-refractivity contribution < 1.29 is 4.79 Å². The van der Waals surface area contributed by atoms with Crippen molar-refractivity contribution in [2.45, 2.75) is 32.7 Å². The van der Waals surface area contributed by atoms with Crippen LogP contribution in [0.4, 0.5) is 11.5 Å². The normalized spacial score (nSPS) is 16.4. The van der Waals surface area contributed by atoms with Gasteiger partial charge in [0.2, 0.25) is 5.91 Å². The van der Waals surface area contributed by atoms with Crippen molar-refractivity contribution in [3.8, 4) is 0 Å². The van der Waals surface area contributed by atoms with Crippen molar-refractivity contribution in [3.63, 3.8) is 0 Å². The highest BCUT2D eigenvalue weighted by Crippen LogP contribution is 2.24. The Bertz CT molecular complexity index is 770. The van der Waals surface area contributed by atoms with E-state index in [1.54, 1.807) is 0 Å². The highest BCUT2D eigenvalue weighted by Gasteiger charge is 2.26. The lowest BCUT2D eigenvalue weighted by Gasteiger charge is -2.38. The lowest BCUT2D eigenvalue weighted by atomic mass is 10.0. The average molecular weight is 431 g/mol. The maximum absolute atomic E-state index is 12.8. The van der Waals surface area contributed by atoms with E-state index in [9.17, 15) is 4.79 Å². The number of hydrogen-bond acceptors (Lipinski definition) is 4. The predicted molar refractivity (Wildman–Crippen MR) is 114 cm³/mol. The van der Waals surface area contributed by atoms with Gasteiger partial charge in [0.05, 0.1) is 6.04 Å². The number of amides is 1. The van der Waals surface area contributed by atoms with E-state index in [2.05, 4.69) is 55.9 Å². The SMILES string of the molecule is CC(C)c1ccccc1NC(=O)C(C)N1CCN(c2ccc(Br)cn2)CC1. The summed E-state index contributed by atoms with van der Waals surface area (Å²) in [5.41, 5.74) is 2.09. The van der Waals surface area contributed by atoms with Crippen LogP contribution in [0.25, 0.3) is 0 Å². The second-order valence-corrected chi connectivity index (χ2v) is 8.18. The van der Waals surface area contributed by atoms with Crippen molar-refractivity contribution in [2.75, 3.05) is 36.4 Å². The second-order valence-electron chi connectivity index (χ2n) is 7.26. The first-order valence-corrected chi connectivity index (χ1v) is 10.3. The molecule has 2 aromatic rings. The van der Waals surface area contributed by atoms with Gasteiger partial charge in [-0.2, -0.15) is 0 Å². The summed E-state index contributed by atoms with van der Waals surface area (Å²) in [7, 11) is 0. The van der Waals surface area contributed by atoms with E-state index >= 15 is 0 Å². The monoisotopic (exact) mass is 430 g/mol. The van der Waals surface area contributed by atoms with Gasteiger partial charge in [0.1, 0.15) is 5.82 Å². The Balaban J connectivity index is 1.58. The number of carbonyl (C=O) groups excluding carboxylic acids is 1. The fraction of sp³-hybridized carbons (Fsp3) is 0.429. The molecule has 1 aromatic carbocycles. The van der Waals surface area contributed by atoms with Crippen molar-refractivity contribution in [2.24, 2.45) is 0 Å². The van der Waals surface area contributed by atoms with Crippen molar-refractivity contribution in [3.05, 3.63) is 52.6 Å². The summed E-state index contributed by atoms with van der Waals surface area (Å²) in [5.74, 6) is 1.41. The molecule has 1 aliphatic heterocycles. The molecule has 1 atom stereocenters. The molecule has 27 heavy (non-hydrogen) atoms. The number of rotatable bonds is 5. The highest BCUT2D eigenvalue weighted by atomic mass is 79.9. The molecule has 6 heteroatoms. The first-order valence-electron chi connectivity index (χ1n) is 9.46. The van der Waals surface area contributed by atoms with Gasteiger partial charge in [0.15, 0.2) is 0 Å². The number of para-hydroxylation sites is 1. The van der Waals surface area contributed by atoms with Crippen LogP contribution in [0.3, 0.4) is 0 Å². The maximum Gasteiger partial charge on any atom is 0.241 e. The molecule has 0 bridgehead atoms. The second kappa shape index (κ2) is 8.85. The Hall–Kier alpha value is -1.92. The number of benzene rings is 1. The zero-order valence-corrected chi connectivity index (χ0v) is 17.7. The lowest BCUT2D eigenvalue weighted by molar-refractivity contribution is -0.120. The average Bonchev–Trinajstić information content (AvgIpc) is 2.68. The van der Waals surface area contributed by atoms with Gasteiger partial charge in [-0.3, -0.25) is 9.69 Å². The van der Waals surface area contributed by atoms with Crippen molar-refractivity contribution in [1.29, 1.82) is 0 Å². The molecule has 0 radical (unpaired) electrons. The van der Waals surface area contributed by atoms with Crippen LogP contribution < -0.4 is 10.2 Å². The zero-order chi connectivity index (χ0) is 19.4. The third-order valence-electron chi connectivity index (χ3n) is 5.12. The predicted octanol–water partition coefficient (Wildman–Crippen LogP) is 4.12. The van der Waals surface area contributed by atoms with E-state index in [4.69, 9.17) is 0 Å². The van der Waals surface area contributed by atoms with Crippen LogP contribution in [-0.4, -0.2) is 48.0 Å². The Morgan fingerprint density at radius 2 is 1.78 bits per heavy atom. The molecule has 0 spiro atoms. The molecule has 1 unspecified atom stereocenters. The number of nitrogens with zero attached hydrogens (tertiary/aromatic N) is 3. The standard InChI is InChI=1S/C21H27BrN4O/c1-15(2)18-6-4-5-7-19(18)24-21(27)16(3)25-10-12-26(13-11-25)20-9-8-17(22)14-23-20/h4-9,14-16H,10-13H2,1-3H3,(H,24,27). The van der Waals surface area contributed by atoms with E-state index in [-0.39, 0.29) is 11.9 Å². The van der Waals surface area contributed by atoms with Crippen LogP contribution in [-0.2, 0) is 4.79 Å². The van der Waals surface area contributed by atoms with Gasteiger partial charge in [0, 0.05) is 42.5 Å². The largest absolute Gasteiger partial charge is 0.354 e. The summed E-state index contributed by atoms with van der Waals surface area (Å²) in [6.07, 6.45) is 1.82. The van der Waals surface area contributed by atoms with Gasteiger partial charge in [-0.05, 0) is 52.5 Å². The van der Waals surface area contributed by atoms with Gasteiger partial charge < -0.3 is 10.2 Å². The molecule has 1 amide bonds. The minimum absolute atomic E-state index is 0.0540. The molecule has 1 aromatic heterocycles. The van der Waals surface area contributed by atoms with Crippen LogP contribution in [0.5, 0.6) is 0 Å². The van der Waals surface area contributed by atoms with Crippen molar-refractivity contribution in [1.82, 2.24) is 9.88 Å². The Morgan fingerprint density at radius 1 is 1.07 bits per heavy atom. The number of halogens is 1. The maximum atomic E-state index is 12.8. The number of aromatic nitrogens is 1. The fourth-order valence-corrected chi connectivity index (χ4v) is 3.65. The number of piperazine rings is 1. The molecular weight excluding hydrogens is 404 g/mol. The van der Waals surface area contributed by atoms with E-state index in [0.29, 0.717) is 5.92 Å². The van der Waals surface area contributed by atoms with E-state index < -0.39 is 0 Å². The zero-order valence-electron chi connectivity index (χ0n) is 16.2. The van der Waals surface area contributed by atoms with E-state index in [1.165, 1.54) is 5.56 Å². The summed E-state index contributed by atoms with van der Waals surface area (Å²) in [6.45, 7) is 9.70. The molecule has 5 nitrogen and oxygen atoms in total. The van der Waals surface area contributed by atoms with Crippen LogP contribution in [0, 0.1) is 0 Å². The van der Waals surface area contributed by atoms with Gasteiger partial charge in [-0.25, -0.2) is 4.98 Å². The molecule has 144 valence electrons. The van der Waals surface area contributed by atoms with E-state index in [0.717, 1.165) is 42.2 Å². The lowest BCUT2D eigenvalue weighted by Crippen LogP contribution is -2.53. The van der Waals surface area contributed by atoms with Gasteiger partial charge in [-0.1, -0.05) is 32.0 Å². The van der Waals surface area contributed by atoms with Crippen LogP contribution in [0.15, 0.2) is 47.1 Å². The molecule has 3 rings (SSSR count). The summed E-state index contributed by atoms with van der Waals surface area (Å²) >= 11 is 3.42. The number of pyridine rings is 1. The summed E-state index contributed by atoms with van der Waals surface area (Å²) < 4.78 is 0.983. The molecule has 1 N–H and O–H groups in total. The molecule has 0 saturated carbocycles. The summed E-state index contributed by atoms with van der Waals surface area (Å²) in [5, 5.41) is 3.13. The first kappa shape index (κ1) is 19.8. The number of nitrogens with one attached hydrogen (secondary N) is 1. The van der Waals surface area contributed by atoms with Gasteiger partial charge in [-0.15, -0.1) is 0 Å². The fourth-order valence-electron chi connectivity index (χ4n) is 3.41. The van der Waals surface area contributed by atoms with Crippen LogP contribution in [0.2, 0.25) is 0 Å². The van der Waals surface area contributed by atoms with Gasteiger partial charge >= 0.3 is 0 Å². The summed E-state index contributed by atoms with van der Waals surface area (Å²) in [6, 6.07) is 11.9. The Kier molecular flexibility index (Phi) is 6.50. The molecular formula is C21H27BrN4O. The molecule has 1 saturated heterocycles. The molecule has 1 aliphatic rings. The quantitative estimate of drug-likeness (QED) is 0.774.